The van der Waals surface area contributed by atoms with Gasteiger partial charge in [-0.2, -0.15) is 0 Å². The molecule has 0 saturated heterocycles. The van der Waals surface area contributed by atoms with Gasteiger partial charge in [0.2, 0.25) is 0 Å². The third-order valence-corrected chi connectivity index (χ3v) is 3.07. The summed E-state index contributed by atoms with van der Waals surface area (Å²) in [5.74, 6) is -0.406. The Balaban J connectivity index is 0.00000484. The lowest BCUT2D eigenvalue weighted by Crippen LogP contribution is -2.52. The Labute approximate surface area is 140 Å². The molecule has 4 nitrogen and oxygen atoms in total. The van der Waals surface area contributed by atoms with Gasteiger partial charge in [-0.1, -0.05) is 13.8 Å². The number of halogens is 4. The first-order valence-corrected chi connectivity index (χ1v) is 6.93. The average molecular weight is 355 g/mol. The molecule has 1 amide bonds. The standard InChI is InChI=1S/C15H21F3N2O2.ClH/c1-10(2)8-14(3,9-19)20-13(21)11-4-6-12(7-5-11)22-15(16,17)18;/h4-7,10H,8-9,19H2,1-3H3,(H,20,21);1H. The van der Waals surface area contributed by atoms with Crippen LogP contribution in [0.3, 0.4) is 0 Å². The van der Waals surface area contributed by atoms with Crippen LogP contribution in [0.15, 0.2) is 24.3 Å². The SMILES string of the molecule is CC(C)CC(C)(CN)NC(=O)c1ccc(OC(F)(F)F)cc1.Cl. The molecule has 0 bridgehead atoms. The number of amides is 1. The molecule has 0 aromatic heterocycles. The van der Waals surface area contributed by atoms with E-state index in [-0.39, 0.29) is 36.2 Å². The Morgan fingerprint density at radius 3 is 2.17 bits per heavy atom. The number of benzene rings is 1. The van der Waals surface area contributed by atoms with E-state index in [1.54, 1.807) is 0 Å². The van der Waals surface area contributed by atoms with Crippen molar-refractivity contribution in [2.75, 3.05) is 6.54 Å². The first-order valence-electron chi connectivity index (χ1n) is 6.93. The second-order valence-corrected chi connectivity index (χ2v) is 5.89. The first kappa shape index (κ1) is 21.5. The van der Waals surface area contributed by atoms with E-state index in [9.17, 15) is 18.0 Å². The molecule has 1 aromatic carbocycles. The smallest absolute Gasteiger partial charge is 0.406 e. The van der Waals surface area contributed by atoms with Crippen LogP contribution >= 0.6 is 12.4 Å². The Hall–Kier alpha value is -1.47. The molecule has 1 unspecified atom stereocenters. The van der Waals surface area contributed by atoms with Gasteiger partial charge in [-0.25, -0.2) is 0 Å². The van der Waals surface area contributed by atoms with Crippen molar-refractivity contribution in [3.63, 3.8) is 0 Å². The van der Waals surface area contributed by atoms with Gasteiger partial charge in [0.15, 0.2) is 0 Å². The Bertz CT molecular complexity index is 506. The predicted molar refractivity (Wildman–Crippen MR) is 84.8 cm³/mol. The van der Waals surface area contributed by atoms with Crippen molar-refractivity contribution in [1.29, 1.82) is 0 Å². The zero-order valence-corrected chi connectivity index (χ0v) is 14.1. The molecule has 0 radical (unpaired) electrons. The monoisotopic (exact) mass is 354 g/mol. The first-order chi connectivity index (χ1) is 10.0. The van der Waals surface area contributed by atoms with Crippen molar-refractivity contribution in [2.24, 2.45) is 11.7 Å². The molecule has 0 spiro atoms. The largest absolute Gasteiger partial charge is 0.573 e. The maximum Gasteiger partial charge on any atom is 0.573 e. The van der Waals surface area contributed by atoms with E-state index in [2.05, 4.69) is 10.1 Å². The number of nitrogens with two attached hydrogens (primary N) is 1. The molecule has 0 aliphatic rings. The van der Waals surface area contributed by atoms with Crippen molar-refractivity contribution in [3.8, 4) is 5.75 Å². The van der Waals surface area contributed by atoms with E-state index < -0.39 is 11.9 Å². The molecule has 3 N–H and O–H groups in total. The summed E-state index contributed by atoms with van der Waals surface area (Å²) < 4.78 is 40.0. The number of hydrogen-bond acceptors (Lipinski definition) is 3. The van der Waals surface area contributed by atoms with Crippen LogP contribution in [0.4, 0.5) is 13.2 Å². The molecule has 0 aliphatic carbocycles. The Kier molecular flexibility index (Phi) is 7.86. The van der Waals surface area contributed by atoms with E-state index in [0.717, 1.165) is 12.1 Å². The fraction of sp³-hybridized carbons (Fsp3) is 0.533. The van der Waals surface area contributed by atoms with E-state index in [1.807, 2.05) is 20.8 Å². The number of carbonyl (C=O) groups is 1. The number of hydrogen-bond donors (Lipinski definition) is 2. The van der Waals surface area contributed by atoms with Gasteiger partial charge in [-0.3, -0.25) is 4.79 Å². The Morgan fingerprint density at radius 2 is 1.78 bits per heavy atom. The summed E-state index contributed by atoms with van der Waals surface area (Å²) >= 11 is 0. The molecule has 0 heterocycles. The summed E-state index contributed by atoms with van der Waals surface area (Å²) in [6.45, 7) is 6.14. The molecule has 8 heteroatoms. The van der Waals surface area contributed by atoms with Crippen LogP contribution < -0.4 is 15.8 Å². The van der Waals surface area contributed by atoms with Crippen LogP contribution in [-0.4, -0.2) is 24.4 Å². The van der Waals surface area contributed by atoms with Gasteiger partial charge in [0.1, 0.15) is 5.75 Å². The van der Waals surface area contributed by atoms with E-state index in [1.165, 1.54) is 12.1 Å². The van der Waals surface area contributed by atoms with Crippen LogP contribution in [0.1, 0.15) is 37.6 Å². The van der Waals surface area contributed by atoms with Crippen LogP contribution in [0.5, 0.6) is 5.75 Å². The number of rotatable bonds is 6. The third-order valence-electron chi connectivity index (χ3n) is 3.07. The molecular formula is C15H22ClF3N2O2. The molecular weight excluding hydrogens is 333 g/mol. The highest BCUT2D eigenvalue weighted by atomic mass is 35.5. The summed E-state index contributed by atoms with van der Waals surface area (Å²) in [7, 11) is 0. The number of nitrogens with one attached hydrogen (secondary N) is 1. The maximum absolute atomic E-state index is 12.2. The van der Waals surface area contributed by atoms with Crippen LogP contribution in [-0.2, 0) is 0 Å². The van der Waals surface area contributed by atoms with Gasteiger partial charge in [0.25, 0.3) is 5.91 Å². The molecule has 132 valence electrons. The van der Waals surface area contributed by atoms with E-state index in [0.29, 0.717) is 12.3 Å². The molecule has 0 saturated carbocycles. The minimum absolute atomic E-state index is 0. The summed E-state index contributed by atoms with van der Waals surface area (Å²) in [6, 6.07) is 4.76. The van der Waals surface area contributed by atoms with Crippen molar-refractivity contribution in [3.05, 3.63) is 29.8 Å². The maximum atomic E-state index is 12.2. The summed E-state index contributed by atoms with van der Waals surface area (Å²) in [4.78, 5) is 12.2. The lowest BCUT2D eigenvalue weighted by Gasteiger charge is -2.31. The van der Waals surface area contributed by atoms with Gasteiger partial charge >= 0.3 is 6.36 Å². The van der Waals surface area contributed by atoms with Gasteiger partial charge in [-0.15, -0.1) is 25.6 Å². The fourth-order valence-electron chi connectivity index (χ4n) is 2.24. The predicted octanol–water partition coefficient (Wildman–Crippen LogP) is 3.50. The molecule has 1 rings (SSSR count). The zero-order valence-electron chi connectivity index (χ0n) is 13.2. The van der Waals surface area contributed by atoms with Crippen molar-refractivity contribution in [2.45, 2.75) is 39.1 Å². The van der Waals surface area contributed by atoms with Gasteiger partial charge in [0.05, 0.1) is 0 Å². The minimum Gasteiger partial charge on any atom is -0.406 e. The highest BCUT2D eigenvalue weighted by molar-refractivity contribution is 5.94. The number of ether oxygens (including phenoxy) is 1. The van der Waals surface area contributed by atoms with E-state index >= 15 is 0 Å². The summed E-state index contributed by atoms with van der Waals surface area (Å²) in [6.07, 6.45) is -4.05. The molecule has 1 aromatic rings. The van der Waals surface area contributed by atoms with Crippen molar-refractivity contribution < 1.29 is 22.7 Å². The second kappa shape index (κ2) is 8.40. The highest BCUT2D eigenvalue weighted by Gasteiger charge is 2.31. The molecule has 1 atom stereocenters. The van der Waals surface area contributed by atoms with Crippen molar-refractivity contribution in [1.82, 2.24) is 5.32 Å². The lowest BCUT2D eigenvalue weighted by molar-refractivity contribution is -0.274. The lowest BCUT2D eigenvalue weighted by atomic mass is 9.90. The molecule has 23 heavy (non-hydrogen) atoms. The van der Waals surface area contributed by atoms with Crippen LogP contribution in [0.25, 0.3) is 0 Å². The van der Waals surface area contributed by atoms with Crippen LogP contribution in [0.2, 0.25) is 0 Å². The average Bonchev–Trinajstić information content (AvgIpc) is 2.36. The third kappa shape index (κ3) is 7.56. The minimum atomic E-state index is -4.75. The second-order valence-electron chi connectivity index (χ2n) is 5.89. The number of carbonyl (C=O) groups excluding carboxylic acids is 1. The quantitative estimate of drug-likeness (QED) is 0.821. The molecule has 0 fully saturated rings. The normalized spacial score (nSPS) is 13.9. The van der Waals surface area contributed by atoms with Gasteiger partial charge in [-0.05, 0) is 43.5 Å². The van der Waals surface area contributed by atoms with Gasteiger partial charge < -0.3 is 15.8 Å². The van der Waals surface area contributed by atoms with E-state index in [4.69, 9.17) is 5.73 Å². The number of alkyl halides is 3. The topological polar surface area (TPSA) is 64.3 Å². The highest BCUT2D eigenvalue weighted by Crippen LogP contribution is 2.23. The van der Waals surface area contributed by atoms with Gasteiger partial charge in [0, 0.05) is 17.6 Å². The summed E-state index contributed by atoms with van der Waals surface area (Å²) in [5, 5.41) is 2.83. The molecule has 0 aliphatic heterocycles. The Morgan fingerprint density at radius 1 is 1.26 bits per heavy atom. The van der Waals surface area contributed by atoms with Crippen molar-refractivity contribution >= 4 is 18.3 Å². The summed E-state index contributed by atoms with van der Waals surface area (Å²) in [5.41, 5.74) is 5.40. The zero-order chi connectivity index (χ0) is 17.0. The van der Waals surface area contributed by atoms with Crippen LogP contribution in [0, 0.1) is 5.92 Å². The fourth-order valence-corrected chi connectivity index (χ4v) is 2.24.